The molecule has 3 heterocycles. The molecule has 3 fully saturated rings. The van der Waals surface area contributed by atoms with Gasteiger partial charge in [-0.15, -0.1) is 0 Å². The smallest absolute Gasteiger partial charge is 0.223 e. The van der Waals surface area contributed by atoms with Gasteiger partial charge in [-0.2, -0.15) is 0 Å². The number of nitrogens with one attached hydrogen (secondary N) is 1. The average molecular weight is 358 g/mol. The lowest BCUT2D eigenvalue weighted by Gasteiger charge is -2.58. The highest BCUT2D eigenvalue weighted by molar-refractivity contribution is 5.85. The Morgan fingerprint density at radius 3 is 2.85 bits per heavy atom. The molecule has 1 aliphatic carbocycles. The molecule has 5 rings (SSSR count). The van der Waals surface area contributed by atoms with Gasteiger partial charge in [-0.05, 0) is 61.8 Å². The maximum absolute atomic E-state index is 13.4. The maximum Gasteiger partial charge on any atom is 0.223 e. The van der Waals surface area contributed by atoms with Crippen molar-refractivity contribution in [1.29, 1.82) is 0 Å². The van der Waals surface area contributed by atoms with Crippen molar-refractivity contribution in [2.75, 3.05) is 0 Å². The fourth-order valence-electron chi connectivity index (χ4n) is 5.01. The van der Waals surface area contributed by atoms with Crippen LogP contribution in [0.25, 0.3) is 10.9 Å². The van der Waals surface area contributed by atoms with Gasteiger partial charge in [0.2, 0.25) is 5.91 Å². The largest absolute Gasteiger partial charge is 0.390 e. The van der Waals surface area contributed by atoms with Crippen LogP contribution in [0.3, 0.4) is 0 Å². The molecule has 2 N–H and O–H groups in total. The second kappa shape index (κ2) is 6.38. The molecule has 3 aliphatic rings. The summed E-state index contributed by atoms with van der Waals surface area (Å²) >= 11 is 0. The zero-order valence-electron chi connectivity index (χ0n) is 15.5. The lowest BCUT2D eigenvalue weighted by molar-refractivity contribution is -0.179. The Bertz CT molecular complexity index is 825. The van der Waals surface area contributed by atoms with Crippen molar-refractivity contribution >= 4 is 16.8 Å². The molecule has 0 spiro atoms. The number of H-pyrrole nitrogens is 1. The number of halogens is 1. The summed E-state index contributed by atoms with van der Waals surface area (Å²) in [4.78, 5) is 18.3. The second-order valence-corrected chi connectivity index (χ2v) is 8.10. The molecule has 26 heavy (non-hydrogen) atoms. The molecule has 140 valence electrons. The van der Waals surface area contributed by atoms with Crippen molar-refractivity contribution in [2.45, 2.75) is 76.0 Å². The number of carbonyl (C=O) groups excluding carboxylic acids is 1. The number of aliphatic hydroxyl groups is 1. The number of aromatic nitrogens is 1. The van der Waals surface area contributed by atoms with Crippen LogP contribution in [-0.2, 0) is 4.79 Å². The summed E-state index contributed by atoms with van der Waals surface area (Å²) < 4.78 is 13.4. The van der Waals surface area contributed by atoms with Crippen molar-refractivity contribution in [3.8, 4) is 0 Å². The van der Waals surface area contributed by atoms with Crippen LogP contribution in [0.15, 0.2) is 24.4 Å². The first kappa shape index (κ1) is 17.5. The van der Waals surface area contributed by atoms with E-state index in [9.17, 15) is 14.3 Å². The van der Waals surface area contributed by atoms with E-state index >= 15 is 0 Å². The molecule has 1 amide bonds. The zero-order chi connectivity index (χ0) is 18.5. The molecule has 0 radical (unpaired) electrons. The topological polar surface area (TPSA) is 56.3 Å². The minimum absolute atomic E-state index is 0.111. The Balaban J connectivity index is 1.55. The van der Waals surface area contributed by atoms with Crippen LogP contribution in [-0.4, -0.2) is 38.6 Å². The minimum Gasteiger partial charge on any atom is -0.390 e. The van der Waals surface area contributed by atoms with Crippen molar-refractivity contribution in [1.82, 2.24) is 9.88 Å². The normalized spacial score (nSPS) is 28.8. The molecule has 2 atom stereocenters. The summed E-state index contributed by atoms with van der Waals surface area (Å²) in [6, 6.07) is 5.11. The number of amides is 1. The maximum atomic E-state index is 13.4. The predicted molar refractivity (Wildman–Crippen MR) is 99.4 cm³/mol. The van der Waals surface area contributed by atoms with Gasteiger partial charge in [0.15, 0.2) is 0 Å². The van der Waals surface area contributed by atoms with Crippen LogP contribution in [0.5, 0.6) is 0 Å². The highest BCUT2D eigenvalue weighted by Crippen LogP contribution is 2.47. The third-order valence-corrected chi connectivity index (χ3v) is 6.42. The highest BCUT2D eigenvalue weighted by atomic mass is 19.1. The molecule has 5 heteroatoms. The summed E-state index contributed by atoms with van der Waals surface area (Å²) in [6.07, 6.45) is 6.27. The quantitative estimate of drug-likeness (QED) is 0.846. The van der Waals surface area contributed by atoms with Crippen LogP contribution in [0.2, 0.25) is 0 Å². The molecule has 1 aromatic carbocycles. The fraction of sp³-hybridized carbons (Fsp3) is 0.571. The molecular formula is C21H27FN2O2. The van der Waals surface area contributed by atoms with Gasteiger partial charge in [0, 0.05) is 35.6 Å². The van der Waals surface area contributed by atoms with Crippen molar-refractivity contribution in [2.24, 2.45) is 0 Å². The van der Waals surface area contributed by atoms with Gasteiger partial charge in [0.05, 0.1) is 5.60 Å². The SMILES string of the molecule is CCC(CC(=O)N1C(CC)CC2(O)CC1C2)c1c[nH]c2cc(F)ccc12. The van der Waals surface area contributed by atoms with Crippen LogP contribution in [0.4, 0.5) is 4.39 Å². The Morgan fingerprint density at radius 2 is 2.15 bits per heavy atom. The second-order valence-electron chi connectivity index (χ2n) is 8.10. The summed E-state index contributed by atoms with van der Waals surface area (Å²) in [6.45, 7) is 4.18. The number of carbonyl (C=O) groups is 1. The Labute approximate surface area is 153 Å². The summed E-state index contributed by atoms with van der Waals surface area (Å²) in [7, 11) is 0. The van der Waals surface area contributed by atoms with Gasteiger partial charge >= 0.3 is 0 Å². The molecular weight excluding hydrogens is 331 g/mol. The van der Waals surface area contributed by atoms with E-state index in [2.05, 4.69) is 23.7 Å². The van der Waals surface area contributed by atoms with Gasteiger partial charge in [0.25, 0.3) is 0 Å². The highest BCUT2D eigenvalue weighted by Gasteiger charge is 2.54. The summed E-state index contributed by atoms with van der Waals surface area (Å²) in [5.74, 6) is 0.0404. The number of hydrogen-bond acceptors (Lipinski definition) is 2. The van der Waals surface area contributed by atoms with Gasteiger partial charge in [0.1, 0.15) is 5.82 Å². The van der Waals surface area contributed by atoms with E-state index in [1.165, 1.54) is 12.1 Å². The fourth-order valence-corrected chi connectivity index (χ4v) is 5.01. The Hall–Kier alpha value is -1.88. The number of rotatable bonds is 5. The van der Waals surface area contributed by atoms with E-state index in [0.29, 0.717) is 12.8 Å². The molecule has 2 bridgehead atoms. The van der Waals surface area contributed by atoms with E-state index in [0.717, 1.165) is 42.1 Å². The number of hydrogen-bond donors (Lipinski definition) is 2. The first-order chi connectivity index (χ1) is 12.4. The van der Waals surface area contributed by atoms with Crippen LogP contribution >= 0.6 is 0 Å². The first-order valence-corrected chi connectivity index (χ1v) is 9.74. The van der Waals surface area contributed by atoms with Crippen molar-refractivity contribution in [3.63, 3.8) is 0 Å². The average Bonchev–Trinajstić information content (AvgIpc) is 3.00. The van der Waals surface area contributed by atoms with E-state index in [1.807, 2.05) is 6.20 Å². The van der Waals surface area contributed by atoms with Crippen molar-refractivity contribution in [3.05, 3.63) is 35.8 Å². The third kappa shape index (κ3) is 2.82. The molecule has 2 unspecified atom stereocenters. The predicted octanol–water partition coefficient (Wildman–Crippen LogP) is 4.10. The summed E-state index contributed by atoms with van der Waals surface area (Å²) in [5.41, 5.74) is 1.33. The standard InChI is InChI=1S/C21H27FN2O2/c1-3-13(18-12-23-19-8-14(22)5-6-17(18)19)7-20(25)24-15(4-2)9-21(26)10-16(24)11-21/h5-6,8,12-13,15-16,23,26H,3-4,7,9-11H2,1-2H3. The monoisotopic (exact) mass is 358 g/mol. The number of nitrogens with zero attached hydrogens (tertiary/aromatic N) is 1. The lowest BCUT2D eigenvalue weighted by atomic mass is 9.66. The van der Waals surface area contributed by atoms with Gasteiger partial charge < -0.3 is 15.0 Å². The zero-order valence-corrected chi connectivity index (χ0v) is 15.5. The number of aromatic amines is 1. The molecule has 1 aromatic heterocycles. The third-order valence-electron chi connectivity index (χ3n) is 6.42. The van der Waals surface area contributed by atoms with Crippen LogP contribution in [0.1, 0.15) is 63.9 Å². The molecule has 2 aliphatic heterocycles. The first-order valence-electron chi connectivity index (χ1n) is 9.74. The Kier molecular flexibility index (Phi) is 4.30. The molecule has 2 saturated heterocycles. The van der Waals surface area contributed by atoms with Crippen molar-refractivity contribution < 1.29 is 14.3 Å². The number of fused-ring (bicyclic) bond motifs is 3. The molecule has 2 aromatic rings. The summed E-state index contributed by atoms with van der Waals surface area (Å²) in [5, 5.41) is 11.4. The molecule has 4 nitrogen and oxygen atoms in total. The van der Waals surface area contributed by atoms with E-state index in [4.69, 9.17) is 0 Å². The van der Waals surface area contributed by atoms with Gasteiger partial charge in [-0.3, -0.25) is 4.79 Å². The van der Waals surface area contributed by atoms with Gasteiger partial charge in [-0.25, -0.2) is 4.39 Å². The molecule has 1 saturated carbocycles. The Morgan fingerprint density at radius 1 is 1.38 bits per heavy atom. The van der Waals surface area contributed by atoms with Crippen LogP contribution in [0, 0.1) is 5.82 Å². The minimum atomic E-state index is -0.535. The van der Waals surface area contributed by atoms with E-state index in [1.54, 1.807) is 6.07 Å². The van der Waals surface area contributed by atoms with E-state index in [-0.39, 0.29) is 29.7 Å². The number of piperidine rings is 2. The number of benzene rings is 1. The van der Waals surface area contributed by atoms with Gasteiger partial charge in [-0.1, -0.05) is 13.8 Å². The van der Waals surface area contributed by atoms with E-state index < -0.39 is 5.60 Å². The lowest BCUT2D eigenvalue weighted by Crippen LogP contribution is -2.67. The van der Waals surface area contributed by atoms with Crippen LogP contribution < -0.4 is 0 Å².